The van der Waals surface area contributed by atoms with E-state index in [-0.39, 0.29) is 6.04 Å². The first-order chi connectivity index (χ1) is 8.58. The van der Waals surface area contributed by atoms with E-state index in [2.05, 4.69) is 49.1 Å². The average molecular weight is 246 g/mol. The number of rotatable bonds is 4. The van der Waals surface area contributed by atoms with Crippen molar-refractivity contribution in [3.8, 4) is 0 Å². The van der Waals surface area contributed by atoms with E-state index >= 15 is 0 Å². The van der Waals surface area contributed by atoms with Crippen LogP contribution < -0.4 is 0 Å². The second kappa shape index (κ2) is 5.46. The summed E-state index contributed by atoms with van der Waals surface area (Å²) in [6.07, 6.45) is 3.73. The van der Waals surface area contributed by atoms with Gasteiger partial charge in [-0.25, -0.2) is 4.99 Å². The Balaban J connectivity index is 2.26. The molecular formula is C14H20N3O. The van der Waals surface area contributed by atoms with Crippen LogP contribution >= 0.6 is 0 Å². The van der Waals surface area contributed by atoms with E-state index in [0.717, 1.165) is 17.7 Å². The molecule has 1 aliphatic rings. The molecule has 0 amide bonds. The van der Waals surface area contributed by atoms with Crippen molar-refractivity contribution >= 4 is 5.90 Å². The molecule has 4 nitrogen and oxygen atoms in total. The highest BCUT2D eigenvalue weighted by Crippen LogP contribution is 2.19. The van der Waals surface area contributed by atoms with E-state index in [0.29, 0.717) is 24.3 Å². The van der Waals surface area contributed by atoms with Crippen LogP contribution in [0.5, 0.6) is 0 Å². The number of aliphatic imine (C=N–C) groups is 1. The third kappa shape index (κ3) is 2.86. The van der Waals surface area contributed by atoms with Crippen molar-refractivity contribution in [3.63, 3.8) is 0 Å². The maximum absolute atomic E-state index is 5.67. The van der Waals surface area contributed by atoms with Gasteiger partial charge < -0.3 is 4.74 Å². The Morgan fingerprint density at radius 3 is 2.78 bits per heavy atom. The van der Waals surface area contributed by atoms with Crippen LogP contribution in [0, 0.1) is 18.0 Å². The quantitative estimate of drug-likeness (QED) is 0.818. The molecule has 2 rings (SSSR count). The highest BCUT2D eigenvalue weighted by atomic mass is 16.5. The largest absolute Gasteiger partial charge is 0.474 e. The summed E-state index contributed by atoms with van der Waals surface area (Å²) in [6.45, 7) is 9.31. The molecular weight excluding hydrogens is 226 g/mol. The first-order valence-electron chi connectivity index (χ1n) is 6.51. The summed E-state index contributed by atoms with van der Waals surface area (Å²) in [5.41, 5.74) is 1.90. The number of nitrogens with zero attached hydrogens (tertiary/aromatic N) is 3. The van der Waals surface area contributed by atoms with Crippen LogP contribution in [0.4, 0.5) is 0 Å². The fourth-order valence-electron chi connectivity index (χ4n) is 1.95. The van der Waals surface area contributed by atoms with E-state index in [9.17, 15) is 0 Å². The first-order valence-corrected chi connectivity index (χ1v) is 6.51. The van der Waals surface area contributed by atoms with Crippen molar-refractivity contribution in [2.24, 2.45) is 16.8 Å². The van der Waals surface area contributed by atoms with Crippen LogP contribution in [0.3, 0.4) is 0 Å². The predicted molar refractivity (Wildman–Crippen MR) is 70.5 cm³/mol. The standard InChI is InChI=1S/C14H20N3O/c1-9(2)7-11-5-6-15-17-13(11)14-16-12(8-18-14)10(3)4/h5,9-10,12H,7-8H2,1-4H3/t12-/m1/s1. The molecule has 2 heterocycles. The molecule has 1 aromatic rings. The second-order valence-corrected chi connectivity index (χ2v) is 5.50. The van der Waals surface area contributed by atoms with Gasteiger partial charge in [0.15, 0.2) is 5.69 Å². The van der Waals surface area contributed by atoms with Crippen LogP contribution in [-0.2, 0) is 11.2 Å². The number of aromatic nitrogens is 2. The van der Waals surface area contributed by atoms with Crippen LogP contribution in [0.1, 0.15) is 39.0 Å². The molecule has 18 heavy (non-hydrogen) atoms. The summed E-state index contributed by atoms with van der Waals surface area (Å²) in [5, 5.41) is 7.98. The van der Waals surface area contributed by atoms with E-state index in [1.54, 1.807) is 0 Å². The van der Waals surface area contributed by atoms with Gasteiger partial charge in [0.1, 0.15) is 12.8 Å². The maximum Gasteiger partial charge on any atom is 0.238 e. The predicted octanol–water partition coefficient (Wildman–Crippen LogP) is 2.28. The third-order valence-corrected chi connectivity index (χ3v) is 3.02. The molecule has 1 atom stereocenters. The lowest BCUT2D eigenvalue weighted by Crippen LogP contribution is -2.13. The third-order valence-electron chi connectivity index (χ3n) is 3.02. The van der Waals surface area contributed by atoms with E-state index in [4.69, 9.17) is 4.74 Å². The second-order valence-electron chi connectivity index (χ2n) is 5.50. The molecule has 0 unspecified atom stereocenters. The molecule has 0 fully saturated rings. The summed E-state index contributed by atoms with van der Waals surface area (Å²) in [6, 6.07) is 2.12. The van der Waals surface area contributed by atoms with Crippen molar-refractivity contribution < 1.29 is 4.74 Å². The van der Waals surface area contributed by atoms with Crippen molar-refractivity contribution in [1.82, 2.24) is 10.2 Å². The topological polar surface area (TPSA) is 47.4 Å². The summed E-state index contributed by atoms with van der Waals surface area (Å²) < 4.78 is 5.67. The smallest absolute Gasteiger partial charge is 0.238 e. The zero-order chi connectivity index (χ0) is 13.1. The fourth-order valence-corrected chi connectivity index (χ4v) is 1.95. The van der Waals surface area contributed by atoms with Gasteiger partial charge >= 0.3 is 0 Å². The molecule has 0 bridgehead atoms. The fraction of sp³-hybridized carbons (Fsp3) is 0.643. The van der Waals surface area contributed by atoms with Crippen LogP contribution in [0.25, 0.3) is 0 Å². The SMILES string of the molecule is CC(C)Cc1c[c]nnc1C1=N[C@@H](C(C)C)CO1. The summed E-state index contributed by atoms with van der Waals surface area (Å²) in [7, 11) is 0. The first kappa shape index (κ1) is 13.0. The van der Waals surface area contributed by atoms with Crippen molar-refractivity contribution in [2.75, 3.05) is 6.61 Å². The molecule has 0 aliphatic carbocycles. The Kier molecular flexibility index (Phi) is 3.94. The highest BCUT2D eigenvalue weighted by molar-refractivity contribution is 5.94. The molecule has 1 aromatic heterocycles. The Morgan fingerprint density at radius 2 is 2.17 bits per heavy atom. The van der Waals surface area contributed by atoms with Gasteiger partial charge in [-0.05, 0) is 29.9 Å². The van der Waals surface area contributed by atoms with Crippen molar-refractivity contribution in [1.29, 1.82) is 0 Å². The Morgan fingerprint density at radius 1 is 1.39 bits per heavy atom. The lowest BCUT2D eigenvalue weighted by Gasteiger charge is -2.08. The molecule has 0 spiro atoms. The lowest BCUT2D eigenvalue weighted by molar-refractivity contribution is 0.291. The molecule has 0 saturated heterocycles. The summed E-state index contributed by atoms with van der Waals surface area (Å²) >= 11 is 0. The normalized spacial score (nSPS) is 19.2. The summed E-state index contributed by atoms with van der Waals surface area (Å²) in [4.78, 5) is 4.60. The molecule has 97 valence electrons. The van der Waals surface area contributed by atoms with Gasteiger partial charge in [-0.15, -0.1) is 10.2 Å². The van der Waals surface area contributed by atoms with Gasteiger partial charge in [-0.2, -0.15) is 0 Å². The Labute approximate surface area is 108 Å². The van der Waals surface area contributed by atoms with E-state index in [1.807, 2.05) is 6.07 Å². The van der Waals surface area contributed by atoms with Crippen LogP contribution in [-0.4, -0.2) is 28.7 Å². The lowest BCUT2D eigenvalue weighted by atomic mass is 10.0. The summed E-state index contributed by atoms with van der Waals surface area (Å²) in [5.74, 6) is 1.69. The molecule has 1 radical (unpaired) electrons. The number of hydrogen-bond donors (Lipinski definition) is 0. The number of ether oxygens (including phenoxy) is 1. The van der Waals surface area contributed by atoms with Gasteiger partial charge in [0.25, 0.3) is 0 Å². The average Bonchev–Trinajstić information content (AvgIpc) is 2.78. The van der Waals surface area contributed by atoms with Gasteiger partial charge in [0, 0.05) is 0 Å². The Bertz CT molecular complexity index is 440. The maximum atomic E-state index is 5.67. The van der Waals surface area contributed by atoms with Crippen LogP contribution in [0.15, 0.2) is 11.1 Å². The Hall–Kier alpha value is -1.45. The minimum absolute atomic E-state index is 0.234. The van der Waals surface area contributed by atoms with Gasteiger partial charge in [-0.1, -0.05) is 27.7 Å². The minimum atomic E-state index is 0.234. The zero-order valence-corrected chi connectivity index (χ0v) is 11.5. The monoisotopic (exact) mass is 246 g/mol. The van der Waals surface area contributed by atoms with Crippen molar-refractivity contribution in [2.45, 2.75) is 40.2 Å². The zero-order valence-electron chi connectivity index (χ0n) is 11.5. The van der Waals surface area contributed by atoms with E-state index in [1.165, 1.54) is 0 Å². The molecule has 1 aliphatic heterocycles. The van der Waals surface area contributed by atoms with Gasteiger partial charge in [-0.3, -0.25) is 0 Å². The highest BCUT2D eigenvalue weighted by Gasteiger charge is 2.25. The molecule has 4 heteroatoms. The van der Waals surface area contributed by atoms with Gasteiger partial charge in [0.05, 0.1) is 6.04 Å². The molecule has 0 N–H and O–H groups in total. The van der Waals surface area contributed by atoms with E-state index < -0.39 is 0 Å². The van der Waals surface area contributed by atoms with Crippen molar-refractivity contribution in [3.05, 3.63) is 23.5 Å². The molecule has 0 aromatic carbocycles. The molecule has 0 saturated carbocycles. The number of hydrogen-bond acceptors (Lipinski definition) is 4. The minimum Gasteiger partial charge on any atom is -0.474 e. The van der Waals surface area contributed by atoms with Crippen LogP contribution in [0.2, 0.25) is 0 Å². The van der Waals surface area contributed by atoms with Gasteiger partial charge in [0.2, 0.25) is 5.90 Å².